The topological polar surface area (TPSA) is 21.3 Å². The molecule has 1 aromatic carbocycles. The number of anilines is 1. The highest BCUT2D eigenvalue weighted by molar-refractivity contribution is 6.31. The lowest BCUT2D eigenvalue weighted by Gasteiger charge is -2.13. The van der Waals surface area contributed by atoms with Gasteiger partial charge in [-0.25, -0.2) is 0 Å². The second-order valence-corrected chi connectivity index (χ2v) is 4.19. The molecule has 1 N–H and O–H groups in total. The van der Waals surface area contributed by atoms with Gasteiger partial charge in [0.1, 0.15) is 6.61 Å². The van der Waals surface area contributed by atoms with E-state index in [1.165, 1.54) is 6.07 Å². The molecule has 0 saturated carbocycles. The second kappa shape index (κ2) is 6.53. The van der Waals surface area contributed by atoms with E-state index in [1.807, 2.05) is 0 Å². The maximum absolute atomic E-state index is 12.5. The Morgan fingerprint density at radius 3 is 2.30 bits per heavy atom. The number of ether oxygens (including phenoxy) is 1. The van der Waals surface area contributed by atoms with E-state index in [9.17, 15) is 26.3 Å². The molecule has 0 aromatic heterocycles. The van der Waals surface area contributed by atoms with Crippen LogP contribution in [0.4, 0.5) is 32.0 Å². The van der Waals surface area contributed by atoms with Gasteiger partial charge >= 0.3 is 12.4 Å². The van der Waals surface area contributed by atoms with E-state index >= 15 is 0 Å². The van der Waals surface area contributed by atoms with E-state index in [2.05, 4.69) is 10.1 Å². The largest absolute Gasteiger partial charge is 0.417 e. The zero-order valence-corrected chi connectivity index (χ0v) is 10.7. The summed E-state index contributed by atoms with van der Waals surface area (Å²) in [5, 5.41) is 2.07. The Morgan fingerprint density at radius 2 is 1.75 bits per heavy atom. The molecule has 0 spiro atoms. The highest BCUT2D eigenvalue weighted by atomic mass is 35.5. The minimum absolute atomic E-state index is 0.0605. The maximum Gasteiger partial charge on any atom is 0.417 e. The zero-order valence-electron chi connectivity index (χ0n) is 9.91. The zero-order chi connectivity index (χ0) is 15.4. The fraction of sp³-hybridized carbons (Fsp3) is 0.455. The molecule has 0 aliphatic carbocycles. The molecule has 0 radical (unpaired) electrons. The first-order valence-electron chi connectivity index (χ1n) is 5.35. The molecule has 0 fully saturated rings. The molecule has 0 bridgehead atoms. The van der Waals surface area contributed by atoms with Gasteiger partial charge in [-0.15, -0.1) is 0 Å². The lowest BCUT2D eigenvalue weighted by atomic mass is 10.2. The molecule has 0 atom stereocenters. The van der Waals surface area contributed by atoms with Crippen molar-refractivity contribution in [2.45, 2.75) is 12.4 Å². The van der Waals surface area contributed by atoms with Gasteiger partial charge in [0.15, 0.2) is 0 Å². The number of benzene rings is 1. The highest BCUT2D eigenvalue weighted by Gasteiger charge is 2.33. The minimum atomic E-state index is -4.60. The van der Waals surface area contributed by atoms with Gasteiger partial charge in [0.05, 0.1) is 17.2 Å². The molecule has 0 amide bonds. The maximum atomic E-state index is 12.5. The van der Waals surface area contributed by atoms with Crippen molar-refractivity contribution in [3.05, 3.63) is 28.8 Å². The van der Waals surface area contributed by atoms with Crippen molar-refractivity contribution in [2.75, 3.05) is 25.1 Å². The predicted molar refractivity (Wildman–Crippen MR) is 61.8 cm³/mol. The Kier molecular flexibility index (Phi) is 5.52. The van der Waals surface area contributed by atoms with Crippen molar-refractivity contribution >= 4 is 17.3 Å². The van der Waals surface area contributed by atoms with Crippen LogP contribution >= 0.6 is 11.6 Å². The van der Waals surface area contributed by atoms with Crippen molar-refractivity contribution in [3.8, 4) is 0 Å². The number of nitrogens with one attached hydrogen (secondary N) is 1. The van der Waals surface area contributed by atoms with Crippen LogP contribution in [0.3, 0.4) is 0 Å². The van der Waals surface area contributed by atoms with Crippen LogP contribution in [0.25, 0.3) is 0 Å². The summed E-state index contributed by atoms with van der Waals surface area (Å²) in [5.41, 5.74) is -0.919. The molecular formula is C11H10ClF6NO. The molecule has 2 nitrogen and oxygen atoms in total. The van der Waals surface area contributed by atoms with E-state index in [1.54, 1.807) is 0 Å². The number of hydrogen-bond acceptors (Lipinski definition) is 2. The molecule has 0 aliphatic heterocycles. The molecule has 9 heteroatoms. The lowest BCUT2D eigenvalue weighted by molar-refractivity contribution is -0.172. The van der Waals surface area contributed by atoms with Crippen LogP contribution in [-0.4, -0.2) is 25.9 Å². The molecule has 0 unspecified atom stereocenters. The normalized spacial score (nSPS) is 12.6. The van der Waals surface area contributed by atoms with E-state index < -0.39 is 29.5 Å². The Hall–Kier alpha value is -1.15. The van der Waals surface area contributed by atoms with Gasteiger partial charge in [-0.2, -0.15) is 26.3 Å². The second-order valence-electron chi connectivity index (χ2n) is 3.79. The monoisotopic (exact) mass is 321 g/mol. The van der Waals surface area contributed by atoms with Gasteiger partial charge in [0.2, 0.25) is 0 Å². The average molecular weight is 322 g/mol. The van der Waals surface area contributed by atoms with E-state index in [4.69, 9.17) is 11.6 Å². The van der Waals surface area contributed by atoms with Crippen LogP contribution in [0, 0.1) is 0 Å². The fourth-order valence-corrected chi connectivity index (χ4v) is 1.53. The standard InChI is InChI=1S/C11H10ClF6NO/c12-9-2-1-7(5-8(9)11(16,17)18)19-3-4-20-6-10(13,14)15/h1-2,5,19H,3-4,6H2. The summed E-state index contributed by atoms with van der Waals surface area (Å²) in [5.74, 6) is 0. The quantitative estimate of drug-likeness (QED) is 0.643. The Balaban J connectivity index is 2.49. The predicted octanol–water partition coefficient (Wildman–Crippen LogP) is 4.35. The van der Waals surface area contributed by atoms with Gasteiger partial charge in [-0.3, -0.25) is 0 Å². The Bertz CT molecular complexity index is 446. The number of rotatable bonds is 5. The molecule has 20 heavy (non-hydrogen) atoms. The summed E-state index contributed by atoms with van der Waals surface area (Å²) in [6.45, 7) is -1.75. The highest BCUT2D eigenvalue weighted by Crippen LogP contribution is 2.36. The van der Waals surface area contributed by atoms with Crippen molar-refractivity contribution < 1.29 is 31.1 Å². The van der Waals surface area contributed by atoms with E-state index in [0.717, 1.165) is 12.1 Å². The molecule has 0 heterocycles. The third kappa shape index (κ3) is 5.87. The summed E-state index contributed by atoms with van der Waals surface area (Å²) in [6.07, 6.45) is -9.02. The van der Waals surface area contributed by atoms with Crippen LogP contribution in [0.5, 0.6) is 0 Å². The molecule has 0 saturated heterocycles. The van der Waals surface area contributed by atoms with Gasteiger partial charge in [-0.05, 0) is 18.2 Å². The van der Waals surface area contributed by atoms with Crippen LogP contribution in [0.2, 0.25) is 5.02 Å². The van der Waals surface area contributed by atoms with Gasteiger partial charge in [0.25, 0.3) is 0 Å². The summed E-state index contributed by atoms with van der Waals surface area (Å²) in [4.78, 5) is 0. The van der Waals surface area contributed by atoms with Crippen LogP contribution in [0.15, 0.2) is 18.2 Å². The average Bonchev–Trinajstić information content (AvgIpc) is 2.27. The minimum Gasteiger partial charge on any atom is -0.383 e. The Labute approximate surface area is 115 Å². The summed E-state index contributed by atoms with van der Waals surface area (Å²) in [6, 6.07) is 3.14. The van der Waals surface area contributed by atoms with Gasteiger partial charge in [-0.1, -0.05) is 11.6 Å². The van der Waals surface area contributed by atoms with E-state index in [0.29, 0.717) is 0 Å². The molecule has 114 valence electrons. The lowest BCUT2D eigenvalue weighted by Crippen LogP contribution is -2.20. The number of halogens is 7. The summed E-state index contributed by atoms with van der Waals surface area (Å²) >= 11 is 5.42. The van der Waals surface area contributed by atoms with Crippen molar-refractivity contribution in [3.63, 3.8) is 0 Å². The van der Waals surface area contributed by atoms with Crippen molar-refractivity contribution in [1.82, 2.24) is 0 Å². The fourth-order valence-electron chi connectivity index (χ4n) is 1.31. The van der Waals surface area contributed by atoms with E-state index in [-0.39, 0.29) is 18.8 Å². The van der Waals surface area contributed by atoms with Crippen molar-refractivity contribution in [2.24, 2.45) is 0 Å². The van der Waals surface area contributed by atoms with Crippen LogP contribution in [0.1, 0.15) is 5.56 Å². The Morgan fingerprint density at radius 1 is 1.10 bits per heavy atom. The number of hydrogen-bond donors (Lipinski definition) is 1. The first-order valence-corrected chi connectivity index (χ1v) is 5.72. The SMILES string of the molecule is FC(F)(F)COCCNc1ccc(Cl)c(C(F)(F)F)c1. The van der Waals surface area contributed by atoms with Crippen molar-refractivity contribution in [1.29, 1.82) is 0 Å². The molecule has 1 aromatic rings. The van der Waals surface area contributed by atoms with Crippen LogP contribution in [-0.2, 0) is 10.9 Å². The molecular weight excluding hydrogens is 312 g/mol. The first kappa shape index (κ1) is 16.9. The number of alkyl halides is 6. The smallest absolute Gasteiger partial charge is 0.383 e. The summed E-state index contributed by atoms with van der Waals surface area (Å²) < 4.78 is 77.2. The molecule has 0 aliphatic rings. The van der Waals surface area contributed by atoms with Crippen LogP contribution < -0.4 is 5.32 Å². The first-order chi connectivity index (χ1) is 9.09. The molecule has 1 rings (SSSR count). The third-order valence-corrected chi connectivity index (χ3v) is 2.44. The van der Waals surface area contributed by atoms with Gasteiger partial charge in [0, 0.05) is 12.2 Å². The van der Waals surface area contributed by atoms with Gasteiger partial charge < -0.3 is 10.1 Å². The summed E-state index contributed by atoms with van der Waals surface area (Å²) in [7, 11) is 0. The third-order valence-electron chi connectivity index (χ3n) is 2.11.